The summed E-state index contributed by atoms with van der Waals surface area (Å²) in [5, 5.41) is 4.34. The number of halogens is 1. The highest BCUT2D eigenvalue weighted by atomic mass is 19.1. The van der Waals surface area contributed by atoms with Gasteiger partial charge in [-0.15, -0.1) is 0 Å². The molecule has 0 saturated heterocycles. The third-order valence-corrected chi connectivity index (χ3v) is 6.17. The average Bonchev–Trinajstić information content (AvgIpc) is 3.19. The van der Waals surface area contributed by atoms with E-state index in [1.54, 1.807) is 37.1 Å². The maximum Gasteiger partial charge on any atom is 0.410 e. The van der Waals surface area contributed by atoms with Gasteiger partial charge < -0.3 is 14.4 Å². The summed E-state index contributed by atoms with van der Waals surface area (Å²) in [4.78, 5) is 18.7. The van der Waals surface area contributed by atoms with Gasteiger partial charge in [0.1, 0.15) is 18.2 Å². The van der Waals surface area contributed by atoms with Gasteiger partial charge in [-0.25, -0.2) is 14.2 Å². The summed E-state index contributed by atoms with van der Waals surface area (Å²) in [6, 6.07) is 10.0. The van der Waals surface area contributed by atoms with Gasteiger partial charge in [0.05, 0.1) is 29.4 Å². The van der Waals surface area contributed by atoms with Crippen molar-refractivity contribution in [3.05, 3.63) is 65.4 Å². The SMILES string of the molecule is Cc1nc(-c2cnn(C)c2COC(=O)N(C)Cc2cccc(F)c2)ccc1OC1CCCCC1. The van der Waals surface area contributed by atoms with Gasteiger partial charge in [-0.3, -0.25) is 4.68 Å². The normalized spacial score (nSPS) is 14.1. The smallest absolute Gasteiger partial charge is 0.410 e. The molecule has 0 radical (unpaired) electrons. The van der Waals surface area contributed by atoms with Crippen LogP contribution >= 0.6 is 0 Å². The molecule has 8 heteroatoms. The molecule has 180 valence electrons. The molecule has 1 aliphatic carbocycles. The van der Waals surface area contributed by atoms with Gasteiger partial charge in [0, 0.05) is 26.2 Å². The first-order valence-electron chi connectivity index (χ1n) is 11.7. The van der Waals surface area contributed by atoms with Crippen LogP contribution in [0, 0.1) is 12.7 Å². The zero-order valence-corrected chi connectivity index (χ0v) is 20.0. The van der Waals surface area contributed by atoms with Crippen molar-refractivity contribution in [3.63, 3.8) is 0 Å². The summed E-state index contributed by atoms with van der Waals surface area (Å²) in [7, 11) is 3.42. The largest absolute Gasteiger partial charge is 0.489 e. The van der Waals surface area contributed by atoms with Crippen molar-refractivity contribution in [2.75, 3.05) is 7.05 Å². The minimum Gasteiger partial charge on any atom is -0.489 e. The highest BCUT2D eigenvalue weighted by Gasteiger charge is 2.19. The van der Waals surface area contributed by atoms with Crippen LogP contribution in [0.1, 0.15) is 49.1 Å². The number of amides is 1. The molecule has 3 aromatic rings. The molecule has 0 aliphatic heterocycles. The lowest BCUT2D eigenvalue weighted by Gasteiger charge is -2.23. The fourth-order valence-electron chi connectivity index (χ4n) is 4.25. The lowest BCUT2D eigenvalue weighted by Crippen LogP contribution is -2.27. The van der Waals surface area contributed by atoms with Gasteiger partial charge in [0.15, 0.2) is 0 Å². The van der Waals surface area contributed by atoms with Crippen LogP contribution < -0.4 is 4.74 Å². The highest BCUT2D eigenvalue weighted by molar-refractivity contribution is 5.68. The number of aryl methyl sites for hydroxylation is 2. The number of pyridine rings is 1. The van der Waals surface area contributed by atoms with Crippen molar-refractivity contribution in [2.24, 2.45) is 7.05 Å². The second kappa shape index (κ2) is 10.7. The summed E-state index contributed by atoms with van der Waals surface area (Å²) in [6.07, 6.45) is 7.37. The van der Waals surface area contributed by atoms with Crippen LogP contribution in [0.2, 0.25) is 0 Å². The summed E-state index contributed by atoms with van der Waals surface area (Å²) < 4.78 is 26.8. The van der Waals surface area contributed by atoms with Gasteiger partial charge in [0.2, 0.25) is 0 Å². The molecule has 2 heterocycles. The van der Waals surface area contributed by atoms with Crippen molar-refractivity contribution in [2.45, 2.75) is 58.3 Å². The van der Waals surface area contributed by atoms with Crippen LogP contribution in [0.15, 0.2) is 42.6 Å². The Balaban J connectivity index is 1.41. The Morgan fingerprint density at radius 2 is 2.00 bits per heavy atom. The minimum atomic E-state index is -0.503. The second-order valence-corrected chi connectivity index (χ2v) is 8.83. The van der Waals surface area contributed by atoms with Crippen LogP contribution in [0.4, 0.5) is 9.18 Å². The van der Waals surface area contributed by atoms with E-state index >= 15 is 0 Å². The number of ether oxygens (including phenoxy) is 2. The molecule has 1 aliphatic rings. The Labute approximate surface area is 199 Å². The molecule has 7 nitrogen and oxygen atoms in total. The maximum absolute atomic E-state index is 13.4. The quantitative estimate of drug-likeness (QED) is 0.466. The van der Waals surface area contributed by atoms with Crippen molar-refractivity contribution in [3.8, 4) is 17.0 Å². The fourth-order valence-corrected chi connectivity index (χ4v) is 4.25. The van der Waals surface area contributed by atoms with E-state index in [4.69, 9.17) is 14.5 Å². The summed E-state index contributed by atoms with van der Waals surface area (Å²) in [6.45, 7) is 2.23. The molecular formula is C26H31FN4O3. The highest BCUT2D eigenvalue weighted by Crippen LogP contribution is 2.29. The molecule has 0 N–H and O–H groups in total. The second-order valence-electron chi connectivity index (χ2n) is 8.83. The van der Waals surface area contributed by atoms with Crippen LogP contribution in [-0.4, -0.2) is 38.9 Å². The van der Waals surface area contributed by atoms with Gasteiger partial charge in [-0.2, -0.15) is 5.10 Å². The van der Waals surface area contributed by atoms with Gasteiger partial charge >= 0.3 is 6.09 Å². The Bertz CT molecular complexity index is 1140. The third kappa shape index (κ3) is 5.73. The zero-order valence-electron chi connectivity index (χ0n) is 20.0. The predicted molar refractivity (Wildman–Crippen MR) is 127 cm³/mol. The van der Waals surface area contributed by atoms with E-state index in [1.807, 2.05) is 19.1 Å². The Morgan fingerprint density at radius 1 is 1.21 bits per heavy atom. The van der Waals surface area contributed by atoms with Gasteiger partial charge in [-0.05, 0) is 62.4 Å². The summed E-state index contributed by atoms with van der Waals surface area (Å²) >= 11 is 0. The summed E-state index contributed by atoms with van der Waals surface area (Å²) in [5.74, 6) is 0.475. The van der Waals surface area contributed by atoms with E-state index in [1.165, 1.54) is 36.3 Å². The fraction of sp³-hybridized carbons (Fsp3) is 0.423. The van der Waals surface area contributed by atoms with E-state index in [9.17, 15) is 9.18 Å². The van der Waals surface area contributed by atoms with Crippen molar-refractivity contribution >= 4 is 6.09 Å². The van der Waals surface area contributed by atoms with Crippen LogP contribution in [-0.2, 0) is 24.9 Å². The molecular weight excluding hydrogens is 435 g/mol. The van der Waals surface area contributed by atoms with Crippen molar-refractivity contribution in [1.82, 2.24) is 19.7 Å². The van der Waals surface area contributed by atoms with Crippen LogP contribution in [0.25, 0.3) is 11.3 Å². The first-order valence-corrected chi connectivity index (χ1v) is 11.7. The Kier molecular flexibility index (Phi) is 7.45. The summed E-state index contributed by atoms with van der Waals surface area (Å²) in [5.41, 5.74) is 3.80. The van der Waals surface area contributed by atoms with E-state index in [0.717, 1.165) is 41.2 Å². The van der Waals surface area contributed by atoms with Gasteiger partial charge in [-0.1, -0.05) is 18.6 Å². The molecule has 1 saturated carbocycles. The van der Waals surface area contributed by atoms with Crippen molar-refractivity contribution in [1.29, 1.82) is 0 Å². The molecule has 0 spiro atoms. The number of hydrogen-bond acceptors (Lipinski definition) is 5. The third-order valence-electron chi connectivity index (χ3n) is 6.17. The Hall–Kier alpha value is -3.42. The number of nitrogens with zero attached hydrogens (tertiary/aromatic N) is 4. The lowest BCUT2D eigenvalue weighted by atomic mass is 9.98. The molecule has 4 rings (SSSR count). The van der Waals surface area contributed by atoms with E-state index in [0.29, 0.717) is 5.56 Å². The predicted octanol–water partition coefficient (Wildman–Crippen LogP) is 5.41. The van der Waals surface area contributed by atoms with E-state index in [2.05, 4.69) is 5.10 Å². The van der Waals surface area contributed by atoms with Crippen LogP contribution in [0.3, 0.4) is 0 Å². The number of aromatic nitrogens is 3. The number of hydrogen-bond donors (Lipinski definition) is 0. The monoisotopic (exact) mass is 466 g/mol. The standard InChI is InChI=1S/C26H31FN4O3/c1-18-25(34-21-10-5-4-6-11-21)13-12-23(29-18)22-15-28-31(3)24(22)17-33-26(32)30(2)16-19-8-7-9-20(27)14-19/h7-9,12-15,21H,4-6,10-11,16-17H2,1-3H3. The average molecular weight is 467 g/mol. The lowest BCUT2D eigenvalue weighted by molar-refractivity contribution is 0.100. The Morgan fingerprint density at radius 3 is 2.74 bits per heavy atom. The van der Waals surface area contributed by atoms with E-state index < -0.39 is 6.09 Å². The molecule has 1 aromatic carbocycles. The molecule has 0 atom stereocenters. The molecule has 1 amide bonds. The minimum absolute atomic E-state index is 0.0409. The number of carbonyl (C=O) groups excluding carboxylic acids is 1. The molecule has 0 bridgehead atoms. The van der Waals surface area contributed by atoms with Gasteiger partial charge in [0.25, 0.3) is 0 Å². The number of rotatable bonds is 7. The zero-order chi connectivity index (χ0) is 24.1. The number of benzene rings is 1. The van der Waals surface area contributed by atoms with Crippen LogP contribution in [0.5, 0.6) is 5.75 Å². The maximum atomic E-state index is 13.4. The molecule has 0 unspecified atom stereocenters. The first-order chi connectivity index (χ1) is 16.4. The van der Waals surface area contributed by atoms with E-state index in [-0.39, 0.29) is 25.1 Å². The number of carbonyl (C=O) groups is 1. The molecule has 2 aromatic heterocycles. The molecule has 1 fully saturated rings. The molecule has 34 heavy (non-hydrogen) atoms. The topological polar surface area (TPSA) is 69.5 Å². The first kappa shape index (κ1) is 23.7. The van der Waals surface area contributed by atoms with Crippen molar-refractivity contribution < 1.29 is 18.7 Å².